The van der Waals surface area contributed by atoms with Gasteiger partial charge in [0.05, 0.1) is 7.11 Å². The molecule has 1 aromatic rings. The summed E-state index contributed by atoms with van der Waals surface area (Å²) in [6.45, 7) is 0. The number of hydrogen-bond donors (Lipinski definition) is 1. The molecule has 0 saturated heterocycles. The molecule has 0 heterocycles. The second kappa shape index (κ2) is 4.60. The number of aldehydes is 1. The molecule has 0 spiro atoms. The summed E-state index contributed by atoms with van der Waals surface area (Å²) < 4.78 is 18.0. The minimum Gasteiger partial charge on any atom is -0.507 e. The molecule has 0 aliphatic carbocycles. The Morgan fingerprint density at radius 3 is 2.79 bits per heavy atom. The van der Waals surface area contributed by atoms with E-state index in [1.807, 2.05) is 0 Å². The number of carbonyl (C=O) groups is 1. The van der Waals surface area contributed by atoms with Gasteiger partial charge in [-0.1, -0.05) is 0 Å². The van der Waals surface area contributed by atoms with E-state index in [4.69, 9.17) is 4.74 Å². The number of phenols is 1. The van der Waals surface area contributed by atoms with E-state index in [0.29, 0.717) is 6.29 Å². The second-order valence-corrected chi connectivity index (χ2v) is 2.81. The van der Waals surface area contributed by atoms with Gasteiger partial charge in [-0.2, -0.15) is 0 Å². The summed E-state index contributed by atoms with van der Waals surface area (Å²) in [6.07, 6.45) is 1.07. The van der Waals surface area contributed by atoms with Gasteiger partial charge in [0.15, 0.2) is 0 Å². The van der Waals surface area contributed by atoms with Gasteiger partial charge in [0.1, 0.15) is 23.6 Å². The molecule has 3 nitrogen and oxygen atoms in total. The highest BCUT2D eigenvalue weighted by molar-refractivity contribution is 5.51. The summed E-state index contributed by atoms with van der Waals surface area (Å²) in [6, 6.07) is 2.50. The van der Waals surface area contributed by atoms with Crippen molar-refractivity contribution in [3.05, 3.63) is 23.5 Å². The van der Waals surface area contributed by atoms with Crippen LogP contribution in [-0.4, -0.2) is 18.5 Å². The molecule has 0 saturated carbocycles. The highest BCUT2D eigenvalue weighted by Gasteiger charge is 2.10. The summed E-state index contributed by atoms with van der Waals surface area (Å²) in [5, 5.41) is 9.39. The van der Waals surface area contributed by atoms with E-state index in [1.165, 1.54) is 19.2 Å². The molecule has 1 aromatic carbocycles. The number of benzene rings is 1. The highest BCUT2D eigenvalue weighted by atomic mass is 19.1. The van der Waals surface area contributed by atoms with E-state index in [1.54, 1.807) is 0 Å². The first kappa shape index (κ1) is 10.5. The molecule has 4 heteroatoms. The van der Waals surface area contributed by atoms with Crippen molar-refractivity contribution in [3.8, 4) is 11.5 Å². The van der Waals surface area contributed by atoms with Crippen molar-refractivity contribution in [1.29, 1.82) is 0 Å². The van der Waals surface area contributed by atoms with Crippen molar-refractivity contribution >= 4 is 6.29 Å². The molecule has 0 atom stereocenters. The fourth-order valence-corrected chi connectivity index (χ4v) is 1.17. The lowest BCUT2D eigenvalue weighted by Crippen LogP contribution is -1.94. The van der Waals surface area contributed by atoms with Gasteiger partial charge in [-0.25, -0.2) is 4.39 Å². The quantitative estimate of drug-likeness (QED) is 0.748. The van der Waals surface area contributed by atoms with Crippen LogP contribution in [-0.2, 0) is 11.2 Å². The Morgan fingerprint density at radius 1 is 1.57 bits per heavy atom. The summed E-state index contributed by atoms with van der Waals surface area (Å²) >= 11 is 0. The van der Waals surface area contributed by atoms with E-state index in [0.717, 1.165) is 0 Å². The van der Waals surface area contributed by atoms with E-state index in [-0.39, 0.29) is 29.9 Å². The van der Waals surface area contributed by atoms with Crippen LogP contribution in [0.3, 0.4) is 0 Å². The molecular weight excluding hydrogens is 187 g/mol. The number of rotatable bonds is 4. The van der Waals surface area contributed by atoms with Gasteiger partial charge >= 0.3 is 0 Å². The van der Waals surface area contributed by atoms with Crippen molar-refractivity contribution in [2.75, 3.05) is 7.11 Å². The van der Waals surface area contributed by atoms with Crippen LogP contribution in [0.4, 0.5) is 4.39 Å². The number of carbonyl (C=O) groups excluding carboxylic acids is 1. The average molecular weight is 198 g/mol. The number of aromatic hydroxyl groups is 1. The lowest BCUT2D eigenvalue weighted by atomic mass is 10.1. The van der Waals surface area contributed by atoms with Gasteiger partial charge in [0, 0.05) is 24.1 Å². The second-order valence-electron chi connectivity index (χ2n) is 2.81. The highest BCUT2D eigenvalue weighted by Crippen LogP contribution is 2.27. The van der Waals surface area contributed by atoms with E-state index < -0.39 is 5.82 Å². The monoisotopic (exact) mass is 198 g/mol. The third-order valence-electron chi connectivity index (χ3n) is 1.89. The zero-order valence-electron chi connectivity index (χ0n) is 7.79. The van der Waals surface area contributed by atoms with E-state index in [2.05, 4.69) is 0 Å². The zero-order valence-corrected chi connectivity index (χ0v) is 7.79. The van der Waals surface area contributed by atoms with Crippen molar-refractivity contribution < 1.29 is 19.0 Å². The van der Waals surface area contributed by atoms with Crippen LogP contribution in [0.1, 0.15) is 12.0 Å². The Morgan fingerprint density at radius 2 is 2.29 bits per heavy atom. The summed E-state index contributed by atoms with van der Waals surface area (Å²) in [5.74, 6) is -0.470. The third-order valence-corrected chi connectivity index (χ3v) is 1.89. The summed E-state index contributed by atoms with van der Waals surface area (Å²) in [7, 11) is 1.39. The van der Waals surface area contributed by atoms with Crippen LogP contribution >= 0.6 is 0 Å². The van der Waals surface area contributed by atoms with Crippen molar-refractivity contribution in [2.24, 2.45) is 0 Å². The number of phenolic OH excluding ortho intramolecular Hbond substituents is 1. The van der Waals surface area contributed by atoms with E-state index in [9.17, 15) is 14.3 Å². The number of methoxy groups -OCH3 is 1. The van der Waals surface area contributed by atoms with Crippen LogP contribution < -0.4 is 4.74 Å². The Labute approximate surface area is 81.1 Å². The first-order chi connectivity index (χ1) is 6.69. The summed E-state index contributed by atoms with van der Waals surface area (Å²) in [4.78, 5) is 10.1. The molecule has 0 unspecified atom stereocenters. The first-order valence-electron chi connectivity index (χ1n) is 4.18. The van der Waals surface area contributed by atoms with Crippen molar-refractivity contribution in [3.63, 3.8) is 0 Å². The molecule has 1 rings (SSSR count). The molecule has 1 N–H and O–H groups in total. The van der Waals surface area contributed by atoms with E-state index >= 15 is 0 Å². The summed E-state index contributed by atoms with van der Waals surface area (Å²) in [5.41, 5.74) is 0.151. The van der Waals surface area contributed by atoms with Crippen LogP contribution in [0.2, 0.25) is 0 Å². The van der Waals surface area contributed by atoms with Crippen LogP contribution in [0.15, 0.2) is 12.1 Å². The molecule has 0 amide bonds. The minimum atomic E-state index is -0.552. The molecule has 0 aromatic heterocycles. The van der Waals surface area contributed by atoms with Gasteiger partial charge in [-0.15, -0.1) is 0 Å². The molecule has 0 bridgehead atoms. The predicted molar refractivity (Wildman–Crippen MR) is 49.0 cm³/mol. The van der Waals surface area contributed by atoms with Crippen LogP contribution in [0.25, 0.3) is 0 Å². The Bertz CT molecular complexity index is 313. The maximum absolute atomic E-state index is 13.3. The average Bonchev–Trinajstić information content (AvgIpc) is 2.16. The zero-order chi connectivity index (χ0) is 10.6. The minimum absolute atomic E-state index is 0.151. The smallest absolute Gasteiger partial charge is 0.133 e. The predicted octanol–water partition coefficient (Wildman–Crippen LogP) is 1.67. The SMILES string of the molecule is COc1cc(O)c(CCC=O)c(F)c1. The maximum atomic E-state index is 13.3. The van der Waals surface area contributed by atoms with Crippen LogP contribution in [0.5, 0.6) is 11.5 Å². The van der Waals surface area contributed by atoms with Crippen LogP contribution in [0, 0.1) is 5.82 Å². The van der Waals surface area contributed by atoms with Gasteiger partial charge in [0.2, 0.25) is 0 Å². The van der Waals surface area contributed by atoms with Gasteiger partial charge in [0.25, 0.3) is 0 Å². The molecule has 76 valence electrons. The van der Waals surface area contributed by atoms with Gasteiger partial charge < -0.3 is 14.6 Å². The lowest BCUT2D eigenvalue weighted by Gasteiger charge is -2.06. The Kier molecular flexibility index (Phi) is 3.45. The topological polar surface area (TPSA) is 46.5 Å². The fraction of sp³-hybridized carbons (Fsp3) is 0.300. The normalized spacial score (nSPS) is 9.86. The third kappa shape index (κ3) is 2.22. The standard InChI is InChI=1S/C10H11FO3/c1-14-7-5-9(11)8(3-2-4-12)10(13)6-7/h4-6,13H,2-3H2,1H3. The van der Waals surface area contributed by atoms with Gasteiger partial charge in [-0.05, 0) is 6.42 Å². The molecule has 0 radical (unpaired) electrons. The number of hydrogen-bond acceptors (Lipinski definition) is 3. The molecule has 0 aliphatic heterocycles. The largest absolute Gasteiger partial charge is 0.507 e. The maximum Gasteiger partial charge on any atom is 0.133 e. The molecular formula is C10H11FO3. The molecule has 0 fully saturated rings. The lowest BCUT2D eigenvalue weighted by molar-refractivity contribution is -0.107. The van der Waals surface area contributed by atoms with Crippen molar-refractivity contribution in [1.82, 2.24) is 0 Å². The first-order valence-corrected chi connectivity index (χ1v) is 4.18. The van der Waals surface area contributed by atoms with Crippen molar-refractivity contribution in [2.45, 2.75) is 12.8 Å². The Hall–Kier alpha value is -1.58. The Balaban J connectivity index is 2.98. The number of halogens is 1. The fourth-order valence-electron chi connectivity index (χ4n) is 1.17. The molecule has 0 aliphatic rings. The van der Waals surface area contributed by atoms with Gasteiger partial charge in [-0.3, -0.25) is 0 Å². The molecule has 14 heavy (non-hydrogen) atoms. The number of ether oxygens (including phenoxy) is 1.